The van der Waals surface area contributed by atoms with Crippen molar-refractivity contribution in [2.24, 2.45) is 0 Å². The standard InChI is InChI=1S/C56H56N3O.Pt/c1-33(2)42-26-43(34(3)4)28-44(27-42)40-19-20-51(37(7)25-40)59-52-14-12-13-48(53(52)58-55(59)49-24-36(6)23-38(8)54(49)60)45-29-46(31-47(30-45)56(9,10)11)50-32-41(21-22-57-50)39-17-15-35(5)16-18-39;/h12-28,30-34,60H,1-11H3;/q-1;/i5D3,7D3,15D,16D,17D,18D,21D,22D,32D,33D;. The minimum Gasteiger partial charge on any atom is -0.507 e. The Morgan fingerprint density at radius 1 is 0.738 bits per heavy atom. The first kappa shape index (κ1) is 28.9. The summed E-state index contributed by atoms with van der Waals surface area (Å²) in [6.45, 7) is 11.7. The number of hydrogen-bond donors (Lipinski definition) is 1. The number of aryl methyl sites for hydroxylation is 3. The van der Waals surface area contributed by atoms with Crippen LogP contribution < -0.4 is 0 Å². The van der Waals surface area contributed by atoms with Crippen LogP contribution in [0.1, 0.15) is 118 Å². The van der Waals surface area contributed by atoms with Crippen LogP contribution in [0.25, 0.3) is 72.7 Å². The fraction of sp³-hybridized carbons (Fsp3) is 0.250. The van der Waals surface area contributed by atoms with E-state index in [1.807, 2.05) is 84.0 Å². The molecule has 0 bridgehead atoms. The summed E-state index contributed by atoms with van der Waals surface area (Å²) < 4.78 is 123. The molecule has 5 heteroatoms. The van der Waals surface area contributed by atoms with Crippen molar-refractivity contribution in [2.45, 2.75) is 93.2 Å². The van der Waals surface area contributed by atoms with E-state index in [1.165, 1.54) is 0 Å². The summed E-state index contributed by atoms with van der Waals surface area (Å²) in [6.07, 6.45) is -0.637. The monoisotopic (exact) mass is 995 g/mol. The maximum atomic E-state index is 11.8. The molecule has 312 valence electrons. The number of phenolic OH excluding ortho intramolecular Hbond substituents is 1. The summed E-state index contributed by atoms with van der Waals surface area (Å²) in [7, 11) is 0. The second-order valence-corrected chi connectivity index (χ2v) is 17.0. The molecule has 0 saturated heterocycles. The number of hydrogen-bond acceptors (Lipinski definition) is 3. The minimum absolute atomic E-state index is 0. The first-order chi connectivity index (χ1) is 34.2. The first-order valence-electron chi connectivity index (χ1n) is 27.0. The van der Waals surface area contributed by atoms with Crippen molar-refractivity contribution < 1.29 is 45.4 Å². The van der Waals surface area contributed by atoms with Crippen molar-refractivity contribution in [3.63, 3.8) is 0 Å². The first-order valence-corrected chi connectivity index (χ1v) is 20.0. The Bertz CT molecular complexity index is 3570. The second-order valence-electron chi connectivity index (χ2n) is 17.0. The average molecular weight is 996 g/mol. The number of nitrogens with zero attached hydrogens (tertiary/aromatic N) is 3. The third-order valence-corrected chi connectivity index (χ3v) is 10.9. The zero-order valence-corrected chi connectivity index (χ0v) is 38.0. The molecule has 4 nitrogen and oxygen atoms in total. The van der Waals surface area contributed by atoms with Crippen LogP contribution in [-0.2, 0) is 26.5 Å². The van der Waals surface area contributed by atoms with Crippen molar-refractivity contribution in [3.05, 3.63) is 166 Å². The summed E-state index contributed by atoms with van der Waals surface area (Å²) in [5, 5.41) is 11.8. The van der Waals surface area contributed by atoms with E-state index in [9.17, 15) is 6.48 Å². The molecule has 1 N–H and O–H groups in total. The second kappa shape index (κ2) is 17.1. The molecule has 0 aliphatic heterocycles. The van der Waals surface area contributed by atoms with E-state index in [-0.39, 0.29) is 61.1 Å². The van der Waals surface area contributed by atoms with Gasteiger partial charge in [-0.15, -0.1) is 29.3 Å². The molecule has 0 atom stereocenters. The van der Waals surface area contributed by atoms with Gasteiger partial charge in [-0.05, 0) is 125 Å². The number of aromatic nitrogens is 3. The summed E-state index contributed by atoms with van der Waals surface area (Å²) in [4.78, 5) is 9.63. The van der Waals surface area contributed by atoms with Gasteiger partial charge in [0.25, 0.3) is 0 Å². The summed E-state index contributed by atoms with van der Waals surface area (Å²) in [5.41, 5.74) is 5.48. The molecule has 0 amide bonds. The topological polar surface area (TPSA) is 50.9 Å². The van der Waals surface area contributed by atoms with Crippen LogP contribution in [0.3, 0.4) is 0 Å². The van der Waals surface area contributed by atoms with E-state index in [4.69, 9.17) is 22.8 Å². The number of fused-ring (bicyclic) bond motifs is 1. The Morgan fingerprint density at radius 3 is 2.20 bits per heavy atom. The zero-order valence-electron chi connectivity index (χ0n) is 49.7. The van der Waals surface area contributed by atoms with Crippen LogP contribution in [0, 0.1) is 33.6 Å². The van der Waals surface area contributed by atoms with Crippen LogP contribution in [0.15, 0.2) is 121 Å². The van der Waals surface area contributed by atoms with Gasteiger partial charge in [-0.3, -0.25) is 9.55 Å². The van der Waals surface area contributed by atoms with E-state index in [0.717, 1.165) is 27.8 Å². The zero-order chi connectivity index (χ0) is 54.6. The number of imidazole rings is 1. The van der Waals surface area contributed by atoms with Crippen LogP contribution in [0.4, 0.5) is 0 Å². The van der Waals surface area contributed by atoms with E-state index in [2.05, 4.69) is 24.9 Å². The van der Waals surface area contributed by atoms with Gasteiger partial charge < -0.3 is 5.11 Å². The number of para-hydroxylation sites is 1. The van der Waals surface area contributed by atoms with Gasteiger partial charge in [-0.25, -0.2) is 4.98 Å². The molecule has 8 rings (SSSR count). The average Bonchev–Trinajstić information content (AvgIpc) is 3.69. The summed E-state index contributed by atoms with van der Waals surface area (Å²) in [6, 6.07) is 22.8. The Balaban J connectivity index is 0.00000820. The molecule has 0 radical (unpaired) electrons. The maximum absolute atomic E-state index is 11.8. The van der Waals surface area contributed by atoms with Crippen molar-refractivity contribution in [3.8, 4) is 67.5 Å². The van der Waals surface area contributed by atoms with E-state index >= 15 is 0 Å². The molecule has 2 aromatic heterocycles. The van der Waals surface area contributed by atoms with Gasteiger partial charge in [-0.1, -0.05) is 138 Å². The Morgan fingerprint density at radius 2 is 1.49 bits per heavy atom. The SMILES string of the molecule is [2H]c1nc(-c2[c-]c(-c3cccc4c3nc(-c3cc(C)cc(C)c3O)n4-c3ccc(-c4cc(C(C)C)cc(C([2H])(C)C)c4)cc3C([2H])([2H])[2H])cc(C(C)(C)C)c2)c([2H])c(-c2c([2H])c([2H])c(C([2H])([2H])[2H])c([2H])c2[2H])c1[2H].[Pt]. The van der Waals surface area contributed by atoms with Gasteiger partial charge in [0, 0.05) is 42.5 Å². The summed E-state index contributed by atoms with van der Waals surface area (Å²) >= 11 is 0. The molecule has 0 unspecified atom stereocenters. The van der Waals surface area contributed by atoms with Crippen LogP contribution in [-0.4, -0.2) is 19.6 Å². The molecule has 2 heterocycles. The smallest absolute Gasteiger partial charge is 0.148 e. The molecule has 0 aliphatic carbocycles. The molecule has 0 fully saturated rings. The predicted molar refractivity (Wildman–Crippen MR) is 252 cm³/mol. The number of rotatable bonds is 8. The van der Waals surface area contributed by atoms with Gasteiger partial charge >= 0.3 is 0 Å². The van der Waals surface area contributed by atoms with Gasteiger partial charge in [0.05, 0.1) is 31.9 Å². The predicted octanol–water partition coefficient (Wildman–Crippen LogP) is 15.0. The molecule has 6 aromatic carbocycles. The maximum Gasteiger partial charge on any atom is 0.148 e. The fourth-order valence-corrected chi connectivity index (χ4v) is 7.51. The molecule has 8 aromatic rings. The van der Waals surface area contributed by atoms with Crippen molar-refractivity contribution in [1.29, 1.82) is 0 Å². The number of phenols is 1. The number of pyridine rings is 1. The number of benzene rings is 6. The van der Waals surface area contributed by atoms with Crippen molar-refractivity contribution in [1.82, 2.24) is 14.5 Å². The largest absolute Gasteiger partial charge is 0.507 e. The van der Waals surface area contributed by atoms with E-state index in [1.54, 1.807) is 47.9 Å². The van der Waals surface area contributed by atoms with Crippen LogP contribution in [0.2, 0.25) is 0 Å². The Labute approximate surface area is 396 Å². The molecule has 0 saturated carbocycles. The normalized spacial score (nSPS) is 15.6. The van der Waals surface area contributed by atoms with Crippen molar-refractivity contribution >= 4 is 11.0 Å². The van der Waals surface area contributed by atoms with Gasteiger partial charge in [-0.2, -0.15) is 0 Å². The molecule has 61 heavy (non-hydrogen) atoms. The van der Waals surface area contributed by atoms with Gasteiger partial charge in [0.1, 0.15) is 11.6 Å². The molecule has 0 aliphatic rings. The van der Waals surface area contributed by atoms with Crippen LogP contribution in [0.5, 0.6) is 5.75 Å². The minimum atomic E-state index is -3.00. The third kappa shape index (κ3) is 8.66. The Hall–Kier alpha value is -5.57. The third-order valence-electron chi connectivity index (χ3n) is 10.9. The quantitative estimate of drug-likeness (QED) is 0.154. The molecular weight excluding hydrogens is 926 g/mol. The van der Waals surface area contributed by atoms with Crippen LogP contribution >= 0.6 is 0 Å². The molecule has 0 spiro atoms. The number of aromatic hydroxyl groups is 1. The summed E-state index contributed by atoms with van der Waals surface area (Å²) in [5.74, 6) is -0.599. The fourth-order valence-electron chi connectivity index (χ4n) is 7.51. The van der Waals surface area contributed by atoms with Gasteiger partial charge in [0.15, 0.2) is 0 Å². The van der Waals surface area contributed by atoms with E-state index in [0.29, 0.717) is 38.9 Å². The van der Waals surface area contributed by atoms with E-state index < -0.39 is 84.1 Å². The Kier molecular flexibility index (Phi) is 8.07. The van der Waals surface area contributed by atoms with Crippen molar-refractivity contribution in [2.75, 3.05) is 0 Å². The molecular formula is C56H56N3OPt-. The van der Waals surface area contributed by atoms with Gasteiger partial charge in [0.2, 0.25) is 0 Å².